The molecule has 3 N–H and O–H groups in total. The van der Waals surface area contributed by atoms with Gasteiger partial charge in [-0.15, -0.1) is 5.10 Å². The number of benzene rings is 1. The second-order valence-corrected chi connectivity index (χ2v) is 10.6. The summed E-state index contributed by atoms with van der Waals surface area (Å²) < 4.78 is 55.8. The maximum absolute atomic E-state index is 14.3. The summed E-state index contributed by atoms with van der Waals surface area (Å²) in [4.78, 5) is 20.1. The van der Waals surface area contributed by atoms with Gasteiger partial charge in [0.2, 0.25) is 0 Å². The zero-order valence-electron chi connectivity index (χ0n) is 23.1. The van der Waals surface area contributed by atoms with Crippen molar-refractivity contribution in [3.63, 3.8) is 0 Å². The fourth-order valence-corrected chi connectivity index (χ4v) is 5.80. The maximum atomic E-state index is 14.3. The molecule has 1 saturated carbocycles. The lowest BCUT2D eigenvalue weighted by Gasteiger charge is -2.46. The molecule has 1 aromatic carbocycles. The number of nitrogens with zero attached hydrogens (tertiary/aromatic N) is 6. The lowest BCUT2D eigenvalue weighted by atomic mass is 9.88. The average molecular weight is 595 g/mol. The van der Waals surface area contributed by atoms with Gasteiger partial charge in [0.05, 0.1) is 31.5 Å². The first-order valence-corrected chi connectivity index (χ1v) is 13.6. The second kappa shape index (κ2) is 12.5. The van der Waals surface area contributed by atoms with Gasteiger partial charge in [0, 0.05) is 32.1 Å². The van der Waals surface area contributed by atoms with E-state index in [1.165, 1.54) is 18.2 Å². The van der Waals surface area contributed by atoms with Crippen molar-refractivity contribution in [2.75, 3.05) is 13.7 Å². The standard InChI is InChI=1S/C27H33F3N6O6/c1-34-8-7-31-21(34)12-35(18-5-3-4-6-19(18)38)27(40)26-25(41-2)23(24(39)20(13-37)42-26)36-11-17(32-33-36)14-9-15(28)22(30)16(29)10-14/h7-11,18-20,23-26,37-39H,3-6,12-13H2,1-2H3/t18-,19-,20+,23-,24-,25+,26+/m0/s1. The predicted molar refractivity (Wildman–Crippen MR) is 139 cm³/mol. The highest BCUT2D eigenvalue weighted by Gasteiger charge is 2.51. The molecule has 1 aliphatic carbocycles. The molecule has 228 valence electrons. The quantitative estimate of drug-likeness (QED) is 0.326. The molecule has 1 amide bonds. The Kier molecular flexibility index (Phi) is 8.94. The van der Waals surface area contributed by atoms with Crippen molar-refractivity contribution in [2.45, 2.75) is 74.8 Å². The summed E-state index contributed by atoms with van der Waals surface area (Å²) in [7, 11) is 3.10. The van der Waals surface area contributed by atoms with E-state index in [0.29, 0.717) is 18.7 Å². The van der Waals surface area contributed by atoms with Crippen LogP contribution in [-0.2, 0) is 27.9 Å². The van der Waals surface area contributed by atoms with Gasteiger partial charge in [-0.2, -0.15) is 0 Å². The number of hydrogen-bond donors (Lipinski definition) is 3. The third-order valence-corrected chi connectivity index (χ3v) is 8.09. The smallest absolute Gasteiger partial charge is 0.255 e. The first-order valence-electron chi connectivity index (χ1n) is 13.6. The van der Waals surface area contributed by atoms with Crippen LogP contribution in [0.25, 0.3) is 11.3 Å². The van der Waals surface area contributed by atoms with Crippen LogP contribution in [0.4, 0.5) is 13.2 Å². The Morgan fingerprint density at radius 1 is 1.19 bits per heavy atom. The molecule has 1 saturated heterocycles. The predicted octanol–water partition coefficient (Wildman–Crippen LogP) is 1.10. The van der Waals surface area contributed by atoms with Gasteiger partial charge in [0.1, 0.15) is 35.9 Å². The minimum atomic E-state index is -1.63. The molecule has 0 radical (unpaired) electrons. The van der Waals surface area contributed by atoms with E-state index >= 15 is 0 Å². The van der Waals surface area contributed by atoms with Crippen LogP contribution < -0.4 is 0 Å². The van der Waals surface area contributed by atoms with E-state index < -0.39 is 72.6 Å². The monoisotopic (exact) mass is 594 g/mol. The third-order valence-electron chi connectivity index (χ3n) is 8.09. The maximum Gasteiger partial charge on any atom is 0.255 e. The first kappa shape index (κ1) is 30.1. The van der Waals surface area contributed by atoms with Crippen molar-refractivity contribution in [1.29, 1.82) is 0 Å². The molecule has 3 heterocycles. The third kappa shape index (κ3) is 5.66. The number of hydrogen-bond acceptors (Lipinski definition) is 9. The molecule has 2 fully saturated rings. The van der Waals surface area contributed by atoms with E-state index in [9.17, 15) is 33.3 Å². The molecule has 42 heavy (non-hydrogen) atoms. The van der Waals surface area contributed by atoms with Gasteiger partial charge < -0.3 is 34.3 Å². The molecular weight excluding hydrogens is 561 g/mol. The van der Waals surface area contributed by atoms with Crippen molar-refractivity contribution in [3.8, 4) is 11.3 Å². The topological polar surface area (TPSA) is 148 Å². The molecule has 0 unspecified atom stereocenters. The molecule has 3 aromatic rings. The van der Waals surface area contributed by atoms with E-state index in [1.54, 1.807) is 24.0 Å². The van der Waals surface area contributed by atoms with Crippen LogP contribution in [0.15, 0.2) is 30.7 Å². The van der Waals surface area contributed by atoms with Crippen LogP contribution >= 0.6 is 0 Å². The van der Waals surface area contributed by atoms with Crippen LogP contribution in [0.1, 0.15) is 37.5 Å². The lowest BCUT2D eigenvalue weighted by Crippen LogP contribution is -2.62. The number of halogens is 3. The Morgan fingerprint density at radius 3 is 2.52 bits per heavy atom. The van der Waals surface area contributed by atoms with Gasteiger partial charge in [0.25, 0.3) is 5.91 Å². The highest BCUT2D eigenvalue weighted by molar-refractivity contribution is 5.82. The summed E-state index contributed by atoms with van der Waals surface area (Å²) in [6.07, 6.45) is 1.30. The van der Waals surface area contributed by atoms with Crippen molar-refractivity contribution >= 4 is 5.91 Å². The molecule has 0 bridgehead atoms. The Balaban J connectivity index is 1.50. The number of carbonyl (C=O) groups excluding carboxylic acids is 1. The molecular formula is C27H33F3N6O6. The number of imidazole rings is 1. The van der Waals surface area contributed by atoms with Crippen LogP contribution in [0.5, 0.6) is 0 Å². The number of ether oxygens (including phenoxy) is 2. The molecule has 2 aromatic heterocycles. The van der Waals surface area contributed by atoms with Gasteiger partial charge in [-0.25, -0.2) is 22.8 Å². The Labute approximate surface area is 239 Å². The van der Waals surface area contributed by atoms with Crippen LogP contribution in [0.3, 0.4) is 0 Å². The van der Waals surface area contributed by atoms with E-state index in [-0.39, 0.29) is 17.8 Å². The Morgan fingerprint density at radius 2 is 1.90 bits per heavy atom. The van der Waals surface area contributed by atoms with Crippen molar-refractivity contribution in [1.82, 2.24) is 29.4 Å². The van der Waals surface area contributed by atoms with Crippen LogP contribution in [0.2, 0.25) is 0 Å². The fraction of sp³-hybridized carbons (Fsp3) is 0.556. The number of aliphatic hydroxyl groups is 3. The molecule has 0 spiro atoms. The summed E-state index contributed by atoms with van der Waals surface area (Å²) in [6.45, 7) is -0.591. The van der Waals surface area contributed by atoms with E-state index in [1.807, 2.05) is 0 Å². The summed E-state index contributed by atoms with van der Waals surface area (Å²) in [5.41, 5.74) is -0.140. The molecule has 1 aliphatic heterocycles. The largest absolute Gasteiger partial charge is 0.394 e. The molecule has 12 nitrogen and oxygen atoms in total. The summed E-state index contributed by atoms with van der Waals surface area (Å²) >= 11 is 0. The number of amides is 1. The number of carbonyl (C=O) groups is 1. The highest BCUT2D eigenvalue weighted by Crippen LogP contribution is 2.35. The normalized spacial score (nSPS) is 28.1. The van der Waals surface area contributed by atoms with Gasteiger partial charge in [-0.3, -0.25) is 4.79 Å². The van der Waals surface area contributed by atoms with Gasteiger partial charge in [-0.1, -0.05) is 18.1 Å². The number of rotatable bonds is 8. The van der Waals surface area contributed by atoms with Gasteiger partial charge in [0.15, 0.2) is 23.6 Å². The number of methoxy groups -OCH3 is 1. The van der Waals surface area contributed by atoms with Crippen molar-refractivity contribution in [3.05, 3.63) is 54.0 Å². The minimum absolute atomic E-state index is 0.0356. The van der Waals surface area contributed by atoms with Crippen LogP contribution in [0, 0.1) is 17.5 Å². The minimum Gasteiger partial charge on any atom is -0.394 e. The van der Waals surface area contributed by atoms with Crippen molar-refractivity contribution < 1.29 is 42.8 Å². The van der Waals surface area contributed by atoms with Crippen molar-refractivity contribution in [2.24, 2.45) is 7.05 Å². The first-order chi connectivity index (χ1) is 20.1. The summed E-state index contributed by atoms with van der Waals surface area (Å²) in [6, 6.07) is -0.162. The van der Waals surface area contributed by atoms with Crippen LogP contribution in [-0.4, -0.2) is 101 Å². The second-order valence-electron chi connectivity index (χ2n) is 10.6. The average Bonchev–Trinajstić information content (AvgIpc) is 3.63. The molecule has 5 rings (SSSR count). The summed E-state index contributed by atoms with van der Waals surface area (Å²) in [5, 5.41) is 40.0. The highest BCUT2D eigenvalue weighted by atomic mass is 19.2. The zero-order chi connectivity index (χ0) is 30.1. The number of aliphatic hydroxyl groups excluding tert-OH is 3. The Hall–Kier alpha value is -3.37. The molecule has 2 aliphatic rings. The van der Waals surface area contributed by atoms with Gasteiger partial charge >= 0.3 is 0 Å². The van der Waals surface area contributed by atoms with E-state index in [0.717, 1.165) is 29.7 Å². The fourth-order valence-electron chi connectivity index (χ4n) is 5.80. The Bertz CT molecular complexity index is 1380. The SMILES string of the molecule is CO[C@@H]1[C@@H](n2cc(-c3cc(F)c(F)c(F)c3)nn2)[C@@H](O)[C@@H](CO)O[C@H]1C(=O)N(Cc1nccn1C)[C@H]1CCCC[C@@H]1O. The molecule has 7 atom stereocenters. The zero-order valence-corrected chi connectivity index (χ0v) is 23.1. The lowest BCUT2D eigenvalue weighted by molar-refractivity contribution is -0.219. The van der Waals surface area contributed by atoms with E-state index in [2.05, 4.69) is 15.3 Å². The molecule has 15 heteroatoms. The van der Waals surface area contributed by atoms with Gasteiger partial charge in [-0.05, 0) is 25.0 Å². The van der Waals surface area contributed by atoms with E-state index in [4.69, 9.17) is 9.47 Å². The number of aromatic nitrogens is 5. The summed E-state index contributed by atoms with van der Waals surface area (Å²) in [5.74, 6) is -4.43. The number of aryl methyl sites for hydroxylation is 1.